The highest BCUT2D eigenvalue weighted by molar-refractivity contribution is 7.99. The number of halogens is 1. The summed E-state index contributed by atoms with van der Waals surface area (Å²) in [5.74, 6) is 3.13. The average Bonchev–Trinajstić information content (AvgIpc) is 2.88. The van der Waals surface area contributed by atoms with E-state index in [-0.39, 0.29) is 24.0 Å². The number of hydrogen-bond acceptors (Lipinski definition) is 5. The monoisotopic (exact) mass is 555 g/mol. The van der Waals surface area contributed by atoms with E-state index in [0.29, 0.717) is 12.4 Å². The molecule has 1 unspecified atom stereocenters. The van der Waals surface area contributed by atoms with E-state index in [1.54, 1.807) is 11.8 Å². The van der Waals surface area contributed by atoms with Crippen LogP contribution in [-0.4, -0.2) is 29.0 Å². The van der Waals surface area contributed by atoms with Gasteiger partial charge in [0.1, 0.15) is 22.8 Å². The third-order valence-electron chi connectivity index (χ3n) is 7.21. The van der Waals surface area contributed by atoms with E-state index < -0.39 is 0 Å². The Labute approximate surface area is 236 Å². The Morgan fingerprint density at radius 3 is 2.42 bits per heavy atom. The molecular weight excluding hydrogens is 518 g/mol. The van der Waals surface area contributed by atoms with Crippen LogP contribution in [0.2, 0.25) is 0 Å². The van der Waals surface area contributed by atoms with Gasteiger partial charge in [-0.1, -0.05) is 12.1 Å². The summed E-state index contributed by atoms with van der Waals surface area (Å²) in [7, 11) is 0. The predicted molar refractivity (Wildman–Crippen MR) is 160 cm³/mol. The molecule has 3 aromatic rings. The van der Waals surface area contributed by atoms with Gasteiger partial charge in [0.05, 0.1) is 6.61 Å². The van der Waals surface area contributed by atoms with Gasteiger partial charge in [0, 0.05) is 28.3 Å². The molecule has 204 valence electrons. The summed E-state index contributed by atoms with van der Waals surface area (Å²) >= 11 is 1.80. The lowest BCUT2D eigenvalue weighted by molar-refractivity contribution is 0.0411. The minimum absolute atomic E-state index is 0. The molecule has 0 aromatic heterocycles. The number of hydrogen-bond donors (Lipinski definition) is 4. The van der Waals surface area contributed by atoms with Crippen molar-refractivity contribution in [3.05, 3.63) is 76.3 Å². The fourth-order valence-corrected chi connectivity index (χ4v) is 5.59. The number of nitrogens with two attached hydrogens (primary N) is 1. The van der Waals surface area contributed by atoms with Crippen molar-refractivity contribution < 1.29 is 14.6 Å². The number of phenols is 1. The molecule has 5 N–H and O–H groups in total. The molecule has 8 heteroatoms. The first-order valence-electron chi connectivity index (χ1n) is 12.7. The molecule has 0 saturated carbocycles. The molecule has 4 rings (SSSR count). The zero-order valence-corrected chi connectivity index (χ0v) is 24.2. The quantitative estimate of drug-likeness (QED) is 0.130. The number of guanidine groups is 1. The zero-order chi connectivity index (χ0) is 26.6. The van der Waals surface area contributed by atoms with E-state index >= 15 is 0 Å². The summed E-state index contributed by atoms with van der Waals surface area (Å²) in [6, 6.07) is 16.3. The third-order valence-corrected chi connectivity index (χ3v) is 8.22. The molecular formula is C30H38ClN3O3S. The Morgan fingerprint density at radius 2 is 1.76 bits per heavy atom. The summed E-state index contributed by atoms with van der Waals surface area (Å²) in [6.45, 7) is 8.70. The lowest BCUT2D eigenvalue weighted by atomic mass is 9.86. The van der Waals surface area contributed by atoms with Crippen molar-refractivity contribution in [1.29, 1.82) is 5.41 Å². The second kappa shape index (κ2) is 12.7. The Balaban J connectivity index is 0.00000400. The first kappa shape index (κ1) is 29.5. The van der Waals surface area contributed by atoms with Gasteiger partial charge in [-0.2, -0.15) is 0 Å². The molecule has 1 atom stereocenters. The molecule has 0 radical (unpaired) electrons. The van der Waals surface area contributed by atoms with Gasteiger partial charge < -0.3 is 25.6 Å². The van der Waals surface area contributed by atoms with E-state index in [0.717, 1.165) is 70.9 Å². The molecule has 6 nitrogen and oxygen atoms in total. The molecule has 38 heavy (non-hydrogen) atoms. The number of ether oxygens (including phenoxy) is 2. The van der Waals surface area contributed by atoms with Crippen LogP contribution in [0.3, 0.4) is 0 Å². The minimum atomic E-state index is -0.287. The first-order valence-corrected chi connectivity index (χ1v) is 13.7. The summed E-state index contributed by atoms with van der Waals surface area (Å²) < 4.78 is 12.6. The molecule has 0 saturated heterocycles. The SMILES string of the molecule is Cc1c(C)c2c(c(C)c1O)CCC(C)(CCOc1ccc(CCSc3ccc(NC(=N)N)cc3)cc1)O2.Cl. The van der Waals surface area contributed by atoms with Gasteiger partial charge in [0.2, 0.25) is 0 Å². The molecule has 0 bridgehead atoms. The van der Waals surface area contributed by atoms with Gasteiger partial charge in [-0.05, 0) is 106 Å². The Morgan fingerprint density at radius 1 is 1.08 bits per heavy atom. The smallest absolute Gasteiger partial charge is 0.190 e. The zero-order valence-electron chi connectivity index (χ0n) is 22.5. The summed E-state index contributed by atoms with van der Waals surface area (Å²) in [6.07, 6.45) is 3.57. The fourth-order valence-electron chi connectivity index (χ4n) is 4.68. The van der Waals surface area contributed by atoms with E-state index in [9.17, 15) is 5.11 Å². The molecule has 0 fully saturated rings. The summed E-state index contributed by atoms with van der Waals surface area (Å²) in [4.78, 5) is 1.19. The van der Waals surface area contributed by atoms with Crippen molar-refractivity contribution in [3.8, 4) is 17.2 Å². The maximum absolute atomic E-state index is 10.4. The topological polar surface area (TPSA) is 101 Å². The highest BCUT2D eigenvalue weighted by Crippen LogP contribution is 2.44. The lowest BCUT2D eigenvalue weighted by Crippen LogP contribution is -2.38. The number of aromatic hydroxyl groups is 1. The highest BCUT2D eigenvalue weighted by atomic mass is 35.5. The summed E-state index contributed by atoms with van der Waals surface area (Å²) in [5.41, 5.74) is 11.2. The van der Waals surface area contributed by atoms with Gasteiger partial charge in [-0.15, -0.1) is 24.2 Å². The van der Waals surface area contributed by atoms with E-state index in [1.807, 2.05) is 57.2 Å². The minimum Gasteiger partial charge on any atom is -0.507 e. The van der Waals surface area contributed by atoms with E-state index in [1.165, 1.54) is 10.5 Å². The Hall–Kier alpha value is -3.03. The fraction of sp³-hybridized carbons (Fsp3) is 0.367. The average molecular weight is 556 g/mol. The van der Waals surface area contributed by atoms with Crippen molar-refractivity contribution >= 4 is 35.8 Å². The van der Waals surface area contributed by atoms with Crippen LogP contribution >= 0.6 is 24.2 Å². The summed E-state index contributed by atoms with van der Waals surface area (Å²) in [5, 5.41) is 20.5. The number of nitrogens with one attached hydrogen (secondary N) is 2. The van der Waals surface area contributed by atoms with Crippen molar-refractivity contribution in [2.24, 2.45) is 5.73 Å². The van der Waals surface area contributed by atoms with E-state index in [2.05, 4.69) is 24.4 Å². The van der Waals surface area contributed by atoms with Gasteiger partial charge in [-0.25, -0.2) is 0 Å². The van der Waals surface area contributed by atoms with Crippen molar-refractivity contribution in [3.63, 3.8) is 0 Å². The number of rotatable bonds is 9. The highest BCUT2D eigenvalue weighted by Gasteiger charge is 2.34. The standard InChI is InChI=1S/C30H37N3O3S.ClH/c1-19-20(2)28-26(21(3)27(19)34)13-15-30(4,36-28)16-17-35-24-9-5-22(6-10-24)14-18-37-25-11-7-23(8-12-25)33-29(31)32;/h5-12,34H,13-18H2,1-4H3,(H4,31,32,33);1H. The van der Waals surface area contributed by atoms with Gasteiger partial charge in [-0.3, -0.25) is 5.41 Å². The molecule has 0 aliphatic carbocycles. The van der Waals surface area contributed by atoms with Crippen LogP contribution in [0.15, 0.2) is 53.4 Å². The lowest BCUT2D eigenvalue weighted by Gasteiger charge is -2.38. The van der Waals surface area contributed by atoms with Crippen LogP contribution in [-0.2, 0) is 12.8 Å². The van der Waals surface area contributed by atoms with Crippen LogP contribution < -0.4 is 20.5 Å². The van der Waals surface area contributed by atoms with Crippen LogP contribution in [0.5, 0.6) is 17.2 Å². The van der Waals surface area contributed by atoms with Crippen molar-refractivity contribution in [2.45, 2.75) is 63.9 Å². The maximum atomic E-state index is 10.4. The number of phenolic OH excluding ortho intramolecular Hbond substituents is 1. The predicted octanol–water partition coefficient (Wildman–Crippen LogP) is 6.93. The molecule has 3 aromatic carbocycles. The van der Waals surface area contributed by atoms with Crippen LogP contribution in [0.4, 0.5) is 5.69 Å². The largest absolute Gasteiger partial charge is 0.507 e. The Kier molecular flexibility index (Phi) is 9.85. The maximum Gasteiger partial charge on any atom is 0.190 e. The normalized spacial score (nSPS) is 16.1. The van der Waals surface area contributed by atoms with Crippen LogP contribution in [0.1, 0.15) is 47.6 Å². The molecule has 0 amide bonds. The van der Waals surface area contributed by atoms with Crippen molar-refractivity contribution in [1.82, 2.24) is 0 Å². The second-order valence-corrected chi connectivity index (χ2v) is 11.2. The number of thioether (sulfide) groups is 1. The van der Waals surface area contributed by atoms with E-state index in [4.69, 9.17) is 20.6 Å². The number of benzene rings is 3. The first-order chi connectivity index (χ1) is 17.6. The van der Waals surface area contributed by atoms with Crippen molar-refractivity contribution in [2.75, 3.05) is 17.7 Å². The van der Waals surface area contributed by atoms with Gasteiger partial charge >= 0.3 is 0 Å². The molecule has 1 aliphatic rings. The van der Waals surface area contributed by atoms with Crippen LogP contribution in [0, 0.1) is 26.2 Å². The number of fused-ring (bicyclic) bond motifs is 1. The number of aryl methyl sites for hydroxylation is 1. The van der Waals surface area contributed by atoms with Gasteiger partial charge in [0.25, 0.3) is 0 Å². The molecule has 1 aliphatic heterocycles. The molecule has 1 heterocycles. The third kappa shape index (κ3) is 7.08. The van der Waals surface area contributed by atoms with Gasteiger partial charge in [0.15, 0.2) is 5.96 Å². The Bertz CT molecular complexity index is 1270. The number of anilines is 1. The second-order valence-electron chi connectivity index (χ2n) is 9.99. The van der Waals surface area contributed by atoms with Crippen LogP contribution in [0.25, 0.3) is 0 Å². The molecule has 0 spiro atoms.